The molecule has 2 heterocycles. The van der Waals surface area contributed by atoms with Crippen molar-refractivity contribution in [2.24, 2.45) is 5.92 Å². The zero-order chi connectivity index (χ0) is 16.5. The summed E-state index contributed by atoms with van der Waals surface area (Å²) in [7, 11) is 0. The second-order valence-corrected chi connectivity index (χ2v) is 6.42. The molecule has 0 bridgehead atoms. The van der Waals surface area contributed by atoms with Crippen molar-refractivity contribution in [3.8, 4) is 0 Å². The lowest BCUT2D eigenvalue weighted by molar-refractivity contribution is -0.183. The van der Waals surface area contributed by atoms with Crippen molar-refractivity contribution in [2.75, 3.05) is 6.54 Å². The molecule has 1 saturated heterocycles. The summed E-state index contributed by atoms with van der Waals surface area (Å²) in [6.45, 7) is 5.39. The first-order valence-electron chi connectivity index (χ1n) is 7.15. The van der Waals surface area contributed by atoms with Crippen molar-refractivity contribution in [1.29, 1.82) is 0 Å². The third-order valence-corrected chi connectivity index (χ3v) is 3.46. The third-order valence-electron chi connectivity index (χ3n) is 3.46. The van der Waals surface area contributed by atoms with Gasteiger partial charge in [-0.3, -0.25) is 0 Å². The van der Waals surface area contributed by atoms with Crippen LogP contribution < -0.4 is 5.32 Å². The molecule has 1 N–H and O–H groups in total. The highest BCUT2D eigenvalue weighted by Gasteiger charge is 2.43. The summed E-state index contributed by atoms with van der Waals surface area (Å²) in [6.07, 6.45) is -3.60. The van der Waals surface area contributed by atoms with E-state index in [9.17, 15) is 18.0 Å². The molecule has 0 aromatic carbocycles. The van der Waals surface area contributed by atoms with Gasteiger partial charge in [-0.15, -0.1) is 0 Å². The van der Waals surface area contributed by atoms with Crippen LogP contribution in [0.15, 0.2) is 12.3 Å². The minimum absolute atomic E-state index is 0.0422. The average Bonchev–Trinajstić information content (AvgIpc) is 2.85. The van der Waals surface area contributed by atoms with Gasteiger partial charge < -0.3 is 10.1 Å². The maximum Gasteiger partial charge on any atom is 0.435 e. The summed E-state index contributed by atoms with van der Waals surface area (Å²) in [5.41, 5.74) is -0.308. The summed E-state index contributed by atoms with van der Waals surface area (Å²) in [6, 6.07) is 0.968. The number of nitrogens with one attached hydrogen (secondary N) is 1. The number of hydrogen-bond donors (Lipinski definition) is 1. The first-order chi connectivity index (χ1) is 10.1. The highest BCUT2D eigenvalue weighted by Crippen LogP contribution is 2.38. The molecule has 1 aromatic heterocycles. The van der Waals surface area contributed by atoms with Crippen molar-refractivity contribution in [3.63, 3.8) is 0 Å². The highest BCUT2D eigenvalue weighted by atomic mass is 19.4. The molecule has 0 amide bonds. The third kappa shape index (κ3) is 4.00. The molecule has 0 unspecified atom stereocenters. The van der Waals surface area contributed by atoms with Crippen molar-refractivity contribution < 1.29 is 22.7 Å². The van der Waals surface area contributed by atoms with Crippen LogP contribution in [0.25, 0.3) is 0 Å². The minimum atomic E-state index is -4.23. The molecule has 1 fully saturated rings. The lowest BCUT2D eigenvalue weighted by atomic mass is 9.90. The van der Waals surface area contributed by atoms with E-state index >= 15 is 0 Å². The maximum absolute atomic E-state index is 12.9. The molecular weight excluding hydrogens is 299 g/mol. The van der Waals surface area contributed by atoms with Crippen molar-refractivity contribution in [3.05, 3.63) is 18.0 Å². The lowest BCUT2D eigenvalue weighted by Gasteiger charge is -2.31. The normalized spacial score (nSPS) is 23.4. The quantitative estimate of drug-likeness (QED) is 0.863. The molecular formula is C14H20F3N3O2. The van der Waals surface area contributed by atoms with E-state index in [2.05, 4.69) is 10.4 Å². The fraction of sp³-hybridized carbons (Fsp3) is 0.714. The van der Waals surface area contributed by atoms with Crippen molar-refractivity contribution in [2.45, 2.75) is 51.4 Å². The molecule has 1 aliphatic rings. The van der Waals surface area contributed by atoms with E-state index in [0.29, 0.717) is 5.69 Å². The first kappa shape index (κ1) is 16.8. The van der Waals surface area contributed by atoms with E-state index in [-0.39, 0.29) is 19.4 Å². The Kier molecular flexibility index (Phi) is 4.51. The van der Waals surface area contributed by atoms with Gasteiger partial charge in [-0.1, -0.05) is 0 Å². The fourth-order valence-electron chi connectivity index (χ4n) is 2.48. The van der Waals surface area contributed by atoms with E-state index in [1.54, 1.807) is 26.8 Å². The molecule has 0 radical (unpaired) electrons. The van der Waals surface area contributed by atoms with Crippen LogP contribution in [0.1, 0.15) is 45.3 Å². The minimum Gasteiger partial charge on any atom is -0.442 e. The number of rotatable bonds is 1. The van der Waals surface area contributed by atoms with Crippen LogP contribution in [0.3, 0.4) is 0 Å². The van der Waals surface area contributed by atoms with Crippen LogP contribution >= 0.6 is 0 Å². The predicted molar refractivity (Wildman–Crippen MR) is 73.4 cm³/mol. The fourth-order valence-corrected chi connectivity index (χ4v) is 2.48. The molecule has 5 nitrogen and oxygen atoms in total. The number of piperidine rings is 1. The van der Waals surface area contributed by atoms with E-state index in [1.165, 1.54) is 6.20 Å². The summed E-state index contributed by atoms with van der Waals surface area (Å²) in [5.74, 6) is -1.37. The molecule has 8 heteroatoms. The topological polar surface area (TPSA) is 56.2 Å². The molecule has 1 aliphatic heterocycles. The average molecular weight is 319 g/mol. The monoisotopic (exact) mass is 319 g/mol. The largest absolute Gasteiger partial charge is 0.442 e. The van der Waals surface area contributed by atoms with Gasteiger partial charge in [0.05, 0.1) is 17.7 Å². The van der Waals surface area contributed by atoms with E-state index < -0.39 is 29.8 Å². The Hall–Kier alpha value is -1.57. The van der Waals surface area contributed by atoms with Crippen LogP contribution in [0.4, 0.5) is 18.0 Å². The van der Waals surface area contributed by atoms with E-state index in [1.807, 2.05) is 0 Å². The van der Waals surface area contributed by atoms with E-state index in [0.717, 1.165) is 4.68 Å². The molecule has 0 saturated carbocycles. The number of carbonyl (C=O) groups is 1. The van der Waals surface area contributed by atoms with Gasteiger partial charge in [0.25, 0.3) is 0 Å². The van der Waals surface area contributed by atoms with Crippen LogP contribution in [0, 0.1) is 5.92 Å². The van der Waals surface area contributed by atoms with Crippen molar-refractivity contribution in [1.82, 2.24) is 15.1 Å². The van der Waals surface area contributed by atoms with Gasteiger partial charge >= 0.3 is 12.3 Å². The highest BCUT2D eigenvalue weighted by molar-refractivity contribution is 5.70. The SMILES string of the molecule is CC(C)(C)OC(=O)n1nccc1[C@H]1C[C@@H](C(F)(F)F)CCN1. The number of nitrogens with zero attached hydrogens (tertiary/aromatic N) is 2. The Labute approximate surface area is 126 Å². The van der Waals surface area contributed by atoms with Crippen LogP contribution in [0.5, 0.6) is 0 Å². The zero-order valence-electron chi connectivity index (χ0n) is 12.8. The Balaban J connectivity index is 2.17. The molecule has 2 rings (SSSR count). The molecule has 124 valence electrons. The Morgan fingerprint density at radius 1 is 1.41 bits per heavy atom. The van der Waals surface area contributed by atoms with Gasteiger partial charge in [-0.25, -0.2) is 4.79 Å². The molecule has 1 aromatic rings. The number of halogens is 3. The van der Waals surface area contributed by atoms with Gasteiger partial charge in [0.15, 0.2) is 0 Å². The number of hydrogen-bond acceptors (Lipinski definition) is 4. The Morgan fingerprint density at radius 2 is 2.09 bits per heavy atom. The standard InChI is InChI=1S/C14H20F3N3O2/c1-13(2,3)22-12(21)20-11(5-7-19-20)10-8-9(4-6-18-10)14(15,16)17/h5,7,9-10,18H,4,6,8H2,1-3H3/t9-,10+/m0/s1. The second-order valence-electron chi connectivity index (χ2n) is 6.42. The molecule has 2 atom stereocenters. The van der Waals surface area contributed by atoms with Crippen LogP contribution in [0.2, 0.25) is 0 Å². The van der Waals surface area contributed by atoms with Gasteiger partial charge in [0.2, 0.25) is 0 Å². The predicted octanol–water partition coefficient (Wildman–Crippen LogP) is 3.27. The number of ether oxygens (including phenoxy) is 1. The molecule has 0 spiro atoms. The molecule has 0 aliphatic carbocycles. The summed E-state index contributed by atoms with van der Waals surface area (Å²) < 4.78 is 44.9. The summed E-state index contributed by atoms with van der Waals surface area (Å²) in [4.78, 5) is 12.1. The number of alkyl halides is 3. The summed E-state index contributed by atoms with van der Waals surface area (Å²) in [5, 5.41) is 6.90. The number of carbonyl (C=O) groups excluding carboxylic acids is 1. The number of aromatic nitrogens is 2. The van der Waals surface area contributed by atoms with Gasteiger partial charge in [0.1, 0.15) is 5.60 Å². The van der Waals surface area contributed by atoms with Crippen LogP contribution in [-0.4, -0.2) is 34.2 Å². The maximum atomic E-state index is 12.9. The molecule has 22 heavy (non-hydrogen) atoms. The summed E-state index contributed by atoms with van der Waals surface area (Å²) >= 11 is 0. The van der Waals surface area contributed by atoms with Gasteiger partial charge in [-0.2, -0.15) is 23.0 Å². The van der Waals surface area contributed by atoms with Gasteiger partial charge in [-0.05, 0) is 46.2 Å². The first-order valence-corrected chi connectivity index (χ1v) is 7.15. The second kappa shape index (κ2) is 5.91. The Morgan fingerprint density at radius 3 is 2.68 bits per heavy atom. The van der Waals surface area contributed by atoms with Crippen molar-refractivity contribution >= 4 is 6.09 Å². The lowest BCUT2D eigenvalue weighted by Crippen LogP contribution is -2.39. The van der Waals surface area contributed by atoms with Gasteiger partial charge in [0, 0.05) is 6.20 Å². The zero-order valence-corrected chi connectivity index (χ0v) is 12.8. The smallest absolute Gasteiger partial charge is 0.435 e. The van der Waals surface area contributed by atoms with E-state index in [4.69, 9.17) is 4.74 Å². The Bertz CT molecular complexity index is 534. The van der Waals surface area contributed by atoms with Crippen LogP contribution in [-0.2, 0) is 4.74 Å².